The lowest BCUT2D eigenvalue weighted by molar-refractivity contribution is -0.117. The van der Waals surface area contributed by atoms with Crippen LogP contribution >= 0.6 is 0 Å². The molecule has 1 fully saturated rings. The fourth-order valence-electron chi connectivity index (χ4n) is 4.14. The number of nitrogens with one attached hydrogen (secondary N) is 2. The van der Waals surface area contributed by atoms with Crippen LogP contribution in [0.3, 0.4) is 0 Å². The van der Waals surface area contributed by atoms with E-state index in [1.54, 1.807) is 29.3 Å². The summed E-state index contributed by atoms with van der Waals surface area (Å²) < 4.78 is 0. The number of likely N-dealkylation sites (tertiary alicyclic amines) is 1. The van der Waals surface area contributed by atoms with Gasteiger partial charge in [0.25, 0.3) is 5.91 Å². The minimum absolute atomic E-state index is 0.133. The van der Waals surface area contributed by atoms with Crippen LogP contribution in [0.2, 0.25) is 0 Å². The van der Waals surface area contributed by atoms with Gasteiger partial charge in [-0.05, 0) is 70.6 Å². The Morgan fingerprint density at radius 2 is 2.21 bits per heavy atom. The molecule has 0 radical (unpaired) electrons. The molecule has 1 aromatic heterocycles. The molecule has 2 amide bonds. The van der Waals surface area contributed by atoms with Crippen LogP contribution in [-0.4, -0.2) is 54.4 Å². The van der Waals surface area contributed by atoms with Crippen LogP contribution in [0.5, 0.6) is 0 Å². The maximum atomic E-state index is 13.2. The topological polar surface area (TPSA) is 77.6 Å². The molecule has 1 atom stereocenters. The summed E-state index contributed by atoms with van der Waals surface area (Å²) in [5.41, 5.74) is 2.54. The highest BCUT2D eigenvalue weighted by Crippen LogP contribution is 2.36. The van der Waals surface area contributed by atoms with Crippen LogP contribution in [0.1, 0.15) is 35.2 Å². The summed E-state index contributed by atoms with van der Waals surface area (Å²) in [5.74, 6) is 0.0857. The molecule has 1 aromatic carbocycles. The molecule has 1 saturated heterocycles. The molecular weight excluding hydrogens is 366 g/mol. The van der Waals surface area contributed by atoms with E-state index in [9.17, 15) is 9.59 Å². The summed E-state index contributed by atoms with van der Waals surface area (Å²) in [5, 5.41) is 6.16. The van der Waals surface area contributed by atoms with Crippen molar-refractivity contribution in [2.24, 2.45) is 0 Å². The van der Waals surface area contributed by atoms with Gasteiger partial charge in [-0.25, -0.2) is 4.98 Å². The normalized spacial score (nSPS) is 18.8. The molecule has 2 N–H and O–H groups in total. The molecule has 152 valence electrons. The summed E-state index contributed by atoms with van der Waals surface area (Å²) in [4.78, 5) is 34.3. The number of nitrogens with zero attached hydrogens (tertiary/aromatic N) is 3. The van der Waals surface area contributed by atoms with Crippen molar-refractivity contribution in [2.45, 2.75) is 32.2 Å². The zero-order valence-electron chi connectivity index (χ0n) is 16.9. The molecule has 0 aliphatic carbocycles. The third kappa shape index (κ3) is 4.02. The van der Waals surface area contributed by atoms with Crippen molar-refractivity contribution in [3.05, 3.63) is 47.7 Å². The molecule has 3 heterocycles. The van der Waals surface area contributed by atoms with Gasteiger partial charge in [-0.3, -0.25) is 14.5 Å². The summed E-state index contributed by atoms with van der Waals surface area (Å²) in [6.45, 7) is 4.05. The second-order valence-electron chi connectivity index (χ2n) is 7.82. The number of rotatable bonds is 5. The SMILES string of the molecule is Cc1ccc2c(c1)C(=O)Nc1cccnc1N2C(=O)CNCCC1CCCN1C. The first-order valence-corrected chi connectivity index (χ1v) is 10.2. The molecule has 1 unspecified atom stereocenters. The average Bonchev–Trinajstić information content (AvgIpc) is 3.07. The maximum Gasteiger partial charge on any atom is 0.257 e. The van der Waals surface area contributed by atoms with Gasteiger partial charge in [0.1, 0.15) is 0 Å². The standard InChI is InChI=1S/C22H27N5O2/c1-15-7-8-19-17(13-15)22(29)25-18-6-3-10-24-21(18)27(19)20(28)14-23-11-9-16-5-4-12-26(16)2/h3,6-8,10,13,16,23H,4-5,9,11-12,14H2,1-2H3,(H,25,29). The van der Waals surface area contributed by atoms with Crippen molar-refractivity contribution in [2.75, 3.05) is 36.9 Å². The Morgan fingerprint density at radius 3 is 3.00 bits per heavy atom. The molecule has 0 bridgehead atoms. The molecule has 7 heteroatoms. The van der Waals surface area contributed by atoms with E-state index < -0.39 is 0 Å². The van der Waals surface area contributed by atoms with Crippen molar-refractivity contribution in [1.82, 2.24) is 15.2 Å². The predicted octanol–water partition coefficient (Wildman–Crippen LogP) is 2.69. The Bertz CT molecular complexity index is 929. The number of carbonyl (C=O) groups excluding carboxylic acids is 2. The molecule has 29 heavy (non-hydrogen) atoms. The van der Waals surface area contributed by atoms with E-state index in [0.29, 0.717) is 28.8 Å². The smallest absolute Gasteiger partial charge is 0.257 e. The molecule has 2 aromatic rings. The first kappa shape index (κ1) is 19.5. The Morgan fingerprint density at radius 1 is 1.34 bits per heavy atom. The number of benzene rings is 1. The number of carbonyl (C=O) groups is 2. The number of hydrogen-bond donors (Lipinski definition) is 2. The molecule has 2 aliphatic rings. The summed E-state index contributed by atoms with van der Waals surface area (Å²) in [6.07, 6.45) is 5.12. The van der Waals surface area contributed by atoms with Gasteiger partial charge >= 0.3 is 0 Å². The quantitative estimate of drug-likeness (QED) is 0.764. The average molecular weight is 393 g/mol. The second kappa shape index (κ2) is 8.31. The van der Waals surface area contributed by atoms with Gasteiger partial charge in [-0.1, -0.05) is 11.6 Å². The Hall–Kier alpha value is -2.77. The highest BCUT2D eigenvalue weighted by atomic mass is 16.2. The first-order chi connectivity index (χ1) is 14.0. The zero-order chi connectivity index (χ0) is 20.4. The largest absolute Gasteiger partial charge is 0.319 e. The zero-order valence-corrected chi connectivity index (χ0v) is 16.9. The van der Waals surface area contributed by atoms with E-state index in [1.165, 1.54) is 12.8 Å². The lowest BCUT2D eigenvalue weighted by atomic mass is 10.1. The maximum absolute atomic E-state index is 13.2. The van der Waals surface area contributed by atoms with Crippen molar-refractivity contribution in [3.63, 3.8) is 0 Å². The summed E-state index contributed by atoms with van der Waals surface area (Å²) in [6, 6.07) is 9.63. The molecule has 2 aliphatic heterocycles. The Kier molecular flexibility index (Phi) is 5.60. The molecule has 4 rings (SSSR count). The lowest BCUT2D eigenvalue weighted by Gasteiger charge is -2.24. The molecule has 7 nitrogen and oxygen atoms in total. The van der Waals surface area contributed by atoms with Gasteiger partial charge in [0.2, 0.25) is 5.91 Å². The number of hydrogen-bond acceptors (Lipinski definition) is 5. The van der Waals surface area contributed by atoms with Crippen LogP contribution in [0.25, 0.3) is 0 Å². The van der Waals surface area contributed by atoms with Crippen molar-refractivity contribution in [1.29, 1.82) is 0 Å². The van der Waals surface area contributed by atoms with Gasteiger partial charge in [0.05, 0.1) is 23.5 Å². The van der Waals surface area contributed by atoms with Crippen molar-refractivity contribution in [3.8, 4) is 0 Å². The van der Waals surface area contributed by atoms with E-state index in [1.807, 2.05) is 19.1 Å². The first-order valence-electron chi connectivity index (χ1n) is 10.2. The fraction of sp³-hybridized carbons (Fsp3) is 0.409. The number of amides is 2. The van der Waals surface area contributed by atoms with Gasteiger partial charge in [0.15, 0.2) is 5.82 Å². The second-order valence-corrected chi connectivity index (χ2v) is 7.82. The van der Waals surface area contributed by atoms with Gasteiger partial charge in [0, 0.05) is 12.2 Å². The number of pyridine rings is 1. The van der Waals surface area contributed by atoms with Crippen LogP contribution in [0.15, 0.2) is 36.5 Å². The fourth-order valence-corrected chi connectivity index (χ4v) is 4.14. The lowest BCUT2D eigenvalue weighted by Crippen LogP contribution is -2.37. The van der Waals surface area contributed by atoms with Gasteiger partial charge < -0.3 is 15.5 Å². The monoisotopic (exact) mass is 393 g/mol. The Balaban J connectivity index is 1.54. The van der Waals surface area contributed by atoms with Crippen LogP contribution in [0.4, 0.5) is 17.2 Å². The number of aromatic nitrogens is 1. The van der Waals surface area contributed by atoms with Crippen LogP contribution < -0.4 is 15.5 Å². The predicted molar refractivity (Wildman–Crippen MR) is 114 cm³/mol. The highest BCUT2D eigenvalue weighted by molar-refractivity contribution is 6.17. The molecule has 0 spiro atoms. The van der Waals surface area contributed by atoms with Crippen molar-refractivity contribution >= 4 is 29.0 Å². The minimum Gasteiger partial charge on any atom is -0.319 e. The third-order valence-electron chi connectivity index (χ3n) is 5.74. The van der Waals surface area contributed by atoms with Crippen LogP contribution in [0, 0.1) is 6.92 Å². The summed E-state index contributed by atoms with van der Waals surface area (Å²) >= 11 is 0. The van der Waals surface area contributed by atoms with E-state index in [2.05, 4.69) is 27.6 Å². The van der Waals surface area contributed by atoms with Crippen molar-refractivity contribution < 1.29 is 9.59 Å². The molecular formula is C22H27N5O2. The van der Waals surface area contributed by atoms with E-state index in [-0.39, 0.29) is 18.4 Å². The minimum atomic E-state index is -0.231. The summed E-state index contributed by atoms with van der Waals surface area (Å²) in [7, 11) is 2.16. The van der Waals surface area contributed by atoms with E-state index in [0.717, 1.165) is 25.1 Å². The third-order valence-corrected chi connectivity index (χ3v) is 5.74. The van der Waals surface area contributed by atoms with Crippen LogP contribution in [-0.2, 0) is 4.79 Å². The number of anilines is 3. The molecule has 0 saturated carbocycles. The van der Waals surface area contributed by atoms with E-state index in [4.69, 9.17) is 0 Å². The Labute approximate surface area is 171 Å². The van der Waals surface area contributed by atoms with Gasteiger partial charge in [-0.15, -0.1) is 0 Å². The highest BCUT2D eigenvalue weighted by Gasteiger charge is 2.30. The van der Waals surface area contributed by atoms with Gasteiger partial charge in [-0.2, -0.15) is 0 Å². The van der Waals surface area contributed by atoms with E-state index >= 15 is 0 Å². The number of aryl methyl sites for hydroxylation is 1. The number of fused-ring (bicyclic) bond motifs is 2.